The zero-order chi connectivity index (χ0) is 43.9. The molecule has 16 heteroatoms. The SMILES string of the molecule is CC1(C)CCC(COC2CC3(C2)CN(c2ccc(C(=O)NS(=O)(=O)c4ccc(NCC5CCOCC5)c([N+](=O)[O-])c4)c(Oc4cnc5[nH]ccc5c4)c2)C3)=C(c2ccc(Cl)cc2)C1. The molecule has 2 aliphatic carbocycles. The van der Waals surface area contributed by atoms with E-state index in [0.717, 1.165) is 80.2 Å². The molecule has 330 valence electrons. The lowest BCUT2D eigenvalue weighted by Crippen LogP contribution is -2.64. The summed E-state index contributed by atoms with van der Waals surface area (Å²) >= 11 is 6.21. The van der Waals surface area contributed by atoms with Crippen molar-refractivity contribution in [3.8, 4) is 11.5 Å². The number of carbonyl (C=O) groups is 1. The monoisotopic (exact) mass is 894 g/mol. The Morgan fingerprint density at radius 2 is 1.83 bits per heavy atom. The predicted octanol–water partition coefficient (Wildman–Crippen LogP) is 9.52. The quantitative estimate of drug-likeness (QED) is 0.0714. The van der Waals surface area contributed by atoms with Gasteiger partial charge in [0.25, 0.3) is 21.6 Å². The maximum atomic E-state index is 13.9. The summed E-state index contributed by atoms with van der Waals surface area (Å²) in [6, 6.07) is 20.4. The minimum absolute atomic E-state index is 0.0357. The molecule has 0 radical (unpaired) electrons. The number of allylic oxidation sites excluding steroid dienone is 1. The van der Waals surface area contributed by atoms with E-state index in [2.05, 4.69) is 50.9 Å². The van der Waals surface area contributed by atoms with E-state index in [0.29, 0.717) is 37.8 Å². The first-order chi connectivity index (χ1) is 30.2. The third-order valence-electron chi connectivity index (χ3n) is 13.0. The number of halogens is 1. The Morgan fingerprint density at radius 3 is 2.59 bits per heavy atom. The highest BCUT2D eigenvalue weighted by atomic mass is 35.5. The molecule has 63 heavy (non-hydrogen) atoms. The molecule has 0 atom stereocenters. The number of rotatable bonds is 14. The molecule has 2 aromatic heterocycles. The van der Waals surface area contributed by atoms with Crippen molar-refractivity contribution in [3.05, 3.63) is 117 Å². The Kier molecular flexibility index (Phi) is 11.7. The lowest BCUT2D eigenvalue weighted by atomic mass is 9.61. The summed E-state index contributed by atoms with van der Waals surface area (Å²) in [7, 11) is -4.55. The summed E-state index contributed by atoms with van der Waals surface area (Å²) in [5.41, 5.74) is 5.53. The van der Waals surface area contributed by atoms with E-state index >= 15 is 0 Å². The molecule has 0 unspecified atom stereocenters. The van der Waals surface area contributed by atoms with Crippen LogP contribution in [0.2, 0.25) is 5.02 Å². The molecule has 4 aliphatic rings. The number of pyridine rings is 1. The van der Waals surface area contributed by atoms with Gasteiger partial charge in [-0.15, -0.1) is 0 Å². The molecule has 9 rings (SSSR count). The molecule has 5 aromatic rings. The molecule has 14 nitrogen and oxygen atoms in total. The average molecular weight is 895 g/mol. The van der Waals surface area contributed by atoms with Gasteiger partial charge in [-0.2, -0.15) is 0 Å². The highest BCUT2D eigenvalue weighted by Gasteiger charge is 2.53. The van der Waals surface area contributed by atoms with Crippen LogP contribution in [0, 0.1) is 26.9 Å². The molecule has 3 fully saturated rings. The molecule has 2 saturated heterocycles. The fourth-order valence-corrected chi connectivity index (χ4v) is 10.5. The van der Waals surface area contributed by atoms with E-state index in [1.807, 2.05) is 18.2 Å². The fraction of sp³-hybridized carbons (Fsp3) is 0.404. The van der Waals surface area contributed by atoms with Gasteiger partial charge < -0.3 is 29.4 Å². The number of benzene rings is 3. The van der Waals surface area contributed by atoms with Crippen molar-refractivity contribution in [1.29, 1.82) is 0 Å². The first-order valence-electron chi connectivity index (χ1n) is 21.5. The standard InChI is InChI=1S/C47H51ClN6O8S/c1-46(2)15-11-33(40(24-46)31-3-5-34(48)6-4-31)27-61-37-22-47(23-37)28-53(29-47)35-7-9-39(43(20-35)62-36-19-32-12-16-49-44(32)51-26-36)45(55)52-63(58,59)38-8-10-41(42(21-38)54(56)57)50-25-30-13-17-60-18-14-30/h3-10,12,16,19-21,26,30,37,50H,11,13-15,17-18,22-25,27-29H2,1-2H3,(H,49,51)(H,52,55). The van der Waals surface area contributed by atoms with Gasteiger partial charge in [-0.3, -0.25) is 14.9 Å². The van der Waals surface area contributed by atoms with Gasteiger partial charge in [0.15, 0.2) is 0 Å². The van der Waals surface area contributed by atoms with Crippen LogP contribution in [-0.2, 0) is 19.5 Å². The normalized spacial score (nSPS) is 18.8. The molecule has 0 bridgehead atoms. The third-order valence-corrected chi connectivity index (χ3v) is 14.6. The van der Waals surface area contributed by atoms with Gasteiger partial charge >= 0.3 is 0 Å². The van der Waals surface area contributed by atoms with Crippen molar-refractivity contribution in [3.63, 3.8) is 0 Å². The van der Waals surface area contributed by atoms with Crippen molar-refractivity contribution in [1.82, 2.24) is 14.7 Å². The van der Waals surface area contributed by atoms with Gasteiger partial charge in [-0.05, 0) is 122 Å². The molecule has 1 spiro atoms. The van der Waals surface area contributed by atoms with Gasteiger partial charge in [0, 0.05) is 72.7 Å². The van der Waals surface area contributed by atoms with Crippen molar-refractivity contribution >= 4 is 61.2 Å². The van der Waals surface area contributed by atoms with E-state index < -0.39 is 31.4 Å². The summed E-state index contributed by atoms with van der Waals surface area (Å²) in [5.74, 6) is -0.195. The van der Waals surface area contributed by atoms with Gasteiger partial charge in [-0.1, -0.05) is 37.6 Å². The number of H-pyrrole nitrogens is 1. The number of nitro benzene ring substituents is 1. The summed E-state index contributed by atoms with van der Waals surface area (Å²) in [5, 5.41) is 16.7. The van der Waals surface area contributed by atoms with Crippen molar-refractivity contribution in [2.75, 3.05) is 49.7 Å². The summed E-state index contributed by atoms with van der Waals surface area (Å²) in [6.07, 6.45) is 10.2. The van der Waals surface area contributed by atoms with E-state index in [-0.39, 0.29) is 39.9 Å². The van der Waals surface area contributed by atoms with Gasteiger partial charge in [-0.25, -0.2) is 18.1 Å². The van der Waals surface area contributed by atoms with E-state index in [9.17, 15) is 23.3 Å². The average Bonchev–Trinajstić information content (AvgIpc) is 3.70. The van der Waals surface area contributed by atoms with Crippen molar-refractivity contribution < 1.29 is 32.3 Å². The molecule has 2 aliphatic heterocycles. The van der Waals surface area contributed by atoms with E-state index in [4.69, 9.17) is 25.8 Å². The van der Waals surface area contributed by atoms with Gasteiger partial charge in [0.1, 0.15) is 22.8 Å². The Morgan fingerprint density at radius 1 is 1.05 bits per heavy atom. The van der Waals surface area contributed by atoms with Gasteiger partial charge in [0.05, 0.1) is 34.3 Å². The predicted molar refractivity (Wildman–Crippen MR) is 242 cm³/mol. The molecule has 3 N–H and O–H groups in total. The second-order valence-corrected chi connectivity index (χ2v) is 20.4. The second-order valence-electron chi connectivity index (χ2n) is 18.3. The topological polar surface area (TPSA) is 178 Å². The third kappa shape index (κ3) is 9.42. The van der Waals surface area contributed by atoms with Crippen LogP contribution < -0.4 is 19.7 Å². The number of hydrogen-bond donors (Lipinski definition) is 3. The van der Waals surface area contributed by atoms with Gasteiger partial charge in [0.2, 0.25) is 0 Å². The van der Waals surface area contributed by atoms with Crippen LogP contribution in [0.1, 0.15) is 74.7 Å². The highest BCUT2D eigenvalue weighted by molar-refractivity contribution is 7.90. The molecular weight excluding hydrogens is 844 g/mol. The fourth-order valence-electron chi connectivity index (χ4n) is 9.40. The second kappa shape index (κ2) is 17.2. The van der Waals surface area contributed by atoms with Crippen LogP contribution in [0.4, 0.5) is 17.1 Å². The van der Waals surface area contributed by atoms with Crippen LogP contribution in [-0.4, -0.2) is 74.8 Å². The number of sulfonamides is 1. The minimum atomic E-state index is -4.55. The minimum Gasteiger partial charge on any atom is -0.455 e. The number of ether oxygens (including phenoxy) is 3. The molecule has 3 aromatic carbocycles. The zero-order valence-corrected chi connectivity index (χ0v) is 36.9. The number of nitrogens with zero attached hydrogens (tertiary/aromatic N) is 3. The van der Waals surface area contributed by atoms with Crippen LogP contribution in [0.5, 0.6) is 11.5 Å². The number of nitro groups is 1. The first-order valence-corrected chi connectivity index (χ1v) is 23.3. The van der Waals surface area contributed by atoms with Crippen LogP contribution in [0.15, 0.2) is 95.7 Å². The smallest absolute Gasteiger partial charge is 0.293 e. The molecule has 1 amide bonds. The number of amides is 1. The van der Waals surface area contributed by atoms with Crippen LogP contribution in [0.3, 0.4) is 0 Å². The van der Waals surface area contributed by atoms with E-state index in [1.54, 1.807) is 30.5 Å². The lowest BCUT2D eigenvalue weighted by Gasteiger charge is -2.59. The maximum Gasteiger partial charge on any atom is 0.293 e. The Hall–Kier alpha value is -5.48. The van der Waals surface area contributed by atoms with Crippen molar-refractivity contribution in [2.24, 2.45) is 16.7 Å². The largest absolute Gasteiger partial charge is 0.455 e. The summed E-state index contributed by atoms with van der Waals surface area (Å²) < 4.78 is 47.7. The van der Waals surface area contributed by atoms with Crippen LogP contribution in [0.25, 0.3) is 16.6 Å². The number of carbonyl (C=O) groups excluding carboxylic acids is 1. The number of anilines is 2. The molecule has 1 saturated carbocycles. The number of aromatic amines is 1. The first kappa shape index (κ1) is 42.8. The van der Waals surface area contributed by atoms with Crippen LogP contribution >= 0.6 is 11.6 Å². The number of fused-ring (bicyclic) bond motifs is 1. The van der Waals surface area contributed by atoms with E-state index in [1.165, 1.54) is 35.0 Å². The number of nitrogens with one attached hydrogen (secondary N) is 3. The summed E-state index contributed by atoms with van der Waals surface area (Å²) in [6.45, 7) is 8.61. The Balaban J connectivity index is 0.882. The number of aromatic nitrogens is 2. The van der Waals surface area contributed by atoms with Crippen molar-refractivity contribution in [2.45, 2.75) is 69.8 Å². The number of hydrogen-bond acceptors (Lipinski definition) is 11. The molecule has 4 heterocycles. The molecular formula is C47H51ClN6O8S. The highest BCUT2D eigenvalue weighted by Crippen LogP contribution is 2.52. The zero-order valence-electron chi connectivity index (χ0n) is 35.3. The Bertz CT molecular complexity index is 2680. The Labute approximate surface area is 371 Å². The lowest BCUT2D eigenvalue weighted by molar-refractivity contribution is -0.384. The summed E-state index contributed by atoms with van der Waals surface area (Å²) in [4.78, 5) is 34.6. The maximum absolute atomic E-state index is 13.9.